The predicted octanol–water partition coefficient (Wildman–Crippen LogP) is 3.71. The van der Waals surface area contributed by atoms with Crippen LogP contribution in [0.4, 0.5) is 10.5 Å². The van der Waals surface area contributed by atoms with Crippen molar-refractivity contribution in [3.8, 4) is 5.75 Å². The molecule has 0 bridgehead atoms. The Morgan fingerprint density at radius 3 is 2.57 bits per heavy atom. The molecule has 0 saturated heterocycles. The molecule has 1 aliphatic carbocycles. The Bertz CT molecular complexity index is 831. The van der Waals surface area contributed by atoms with Gasteiger partial charge in [-0.25, -0.2) is 4.79 Å². The summed E-state index contributed by atoms with van der Waals surface area (Å²) in [4.78, 5) is 22.8. The number of rotatable bonds is 6. The van der Waals surface area contributed by atoms with Crippen LogP contribution in [-0.2, 0) is 10.8 Å². The lowest BCUT2D eigenvalue weighted by molar-refractivity contribution is -0.384. The molecule has 1 aliphatic rings. The van der Waals surface area contributed by atoms with Gasteiger partial charge < -0.3 is 15.4 Å². The van der Waals surface area contributed by atoms with Crippen LogP contribution in [0.5, 0.6) is 5.75 Å². The van der Waals surface area contributed by atoms with Gasteiger partial charge in [-0.05, 0) is 61.3 Å². The number of allylic oxidation sites excluding steroid dienone is 1. The molecule has 10 heteroatoms. The second-order valence-electron chi connectivity index (χ2n) is 7.13. The number of carbonyl (C=O) groups is 1. The quantitative estimate of drug-likeness (QED) is 0.483. The Kier molecular flexibility index (Phi) is 7.50. The monoisotopic (exact) mass is 471 g/mol. The van der Waals surface area contributed by atoms with Crippen LogP contribution in [0.3, 0.4) is 0 Å². The highest BCUT2D eigenvalue weighted by Gasteiger charge is 2.22. The van der Waals surface area contributed by atoms with Crippen molar-refractivity contribution in [1.29, 1.82) is 0 Å². The van der Waals surface area contributed by atoms with Crippen LogP contribution in [0, 0.1) is 10.1 Å². The first-order chi connectivity index (χ1) is 13.0. The first-order valence-corrected chi connectivity index (χ1v) is 10.6. The van der Waals surface area contributed by atoms with Crippen molar-refractivity contribution >= 4 is 38.5 Å². The molecule has 2 rings (SSSR count). The van der Waals surface area contributed by atoms with E-state index in [2.05, 4.69) is 26.6 Å². The lowest BCUT2D eigenvalue weighted by atomic mass is 10.1. The van der Waals surface area contributed by atoms with E-state index in [1.165, 1.54) is 24.3 Å². The number of hydrogen-bond donors (Lipinski definition) is 2. The fraction of sp³-hybridized carbons (Fsp3) is 0.389. The molecule has 0 aromatic heterocycles. The Labute approximate surface area is 174 Å². The Morgan fingerprint density at radius 2 is 2.00 bits per heavy atom. The maximum absolute atomic E-state index is 12.6. The van der Waals surface area contributed by atoms with Gasteiger partial charge in [-0.15, -0.1) is 0 Å². The average Bonchev–Trinajstić information content (AvgIpc) is 2.61. The lowest BCUT2D eigenvalue weighted by Crippen LogP contribution is -2.39. The number of non-ortho nitro benzene ring substituents is 1. The van der Waals surface area contributed by atoms with Crippen LogP contribution in [0.1, 0.15) is 27.2 Å². The van der Waals surface area contributed by atoms with Gasteiger partial charge in [-0.3, -0.25) is 14.3 Å². The molecule has 0 spiro atoms. The minimum absolute atomic E-state index is 0.0889. The Balaban J connectivity index is 1.97. The fourth-order valence-corrected chi connectivity index (χ4v) is 4.43. The van der Waals surface area contributed by atoms with Crippen molar-refractivity contribution in [2.45, 2.75) is 38.8 Å². The summed E-state index contributed by atoms with van der Waals surface area (Å²) in [6, 6.07) is 4.84. The summed E-state index contributed by atoms with van der Waals surface area (Å²) in [6.07, 6.45) is 3.41. The number of hydrogen-bond acceptors (Lipinski definition) is 6. The molecule has 8 nitrogen and oxygen atoms in total. The van der Waals surface area contributed by atoms with Crippen LogP contribution in [0.15, 0.2) is 45.8 Å². The Hall–Kier alpha value is -2.04. The van der Waals surface area contributed by atoms with Crippen molar-refractivity contribution in [2.75, 3.05) is 5.88 Å². The first kappa shape index (κ1) is 22.3. The van der Waals surface area contributed by atoms with Gasteiger partial charge in [0.05, 0.1) is 32.5 Å². The fourth-order valence-electron chi connectivity index (χ4n) is 2.23. The van der Waals surface area contributed by atoms with Crippen LogP contribution < -0.4 is 15.4 Å². The summed E-state index contributed by atoms with van der Waals surface area (Å²) in [5.74, 6) is 0.482. The van der Waals surface area contributed by atoms with Crippen LogP contribution in [-0.4, -0.2) is 32.7 Å². The molecule has 2 N–H and O–H groups in total. The number of ether oxygens (including phenoxy) is 1. The van der Waals surface area contributed by atoms with E-state index >= 15 is 0 Å². The minimum Gasteiger partial charge on any atom is -0.410 e. The molecular weight excluding hydrogens is 450 g/mol. The number of carbonyl (C=O) groups excluding carboxylic acids is 1. The van der Waals surface area contributed by atoms with Crippen molar-refractivity contribution in [3.05, 3.63) is 55.9 Å². The zero-order chi connectivity index (χ0) is 20.9. The Morgan fingerprint density at radius 1 is 1.36 bits per heavy atom. The van der Waals surface area contributed by atoms with Gasteiger partial charge >= 0.3 is 6.09 Å². The van der Waals surface area contributed by atoms with Gasteiger partial charge in [-0.2, -0.15) is 0 Å². The summed E-state index contributed by atoms with van der Waals surface area (Å²) in [7, 11) is -1.28. The minimum atomic E-state index is -1.28. The topological polar surface area (TPSA) is 111 Å². The zero-order valence-electron chi connectivity index (χ0n) is 15.7. The number of nitro groups is 1. The maximum Gasteiger partial charge on any atom is 0.413 e. The van der Waals surface area contributed by atoms with Crippen molar-refractivity contribution < 1.29 is 18.7 Å². The smallest absolute Gasteiger partial charge is 0.410 e. The van der Waals surface area contributed by atoms with Crippen molar-refractivity contribution in [1.82, 2.24) is 10.6 Å². The van der Waals surface area contributed by atoms with Gasteiger partial charge in [0.2, 0.25) is 0 Å². The molecule has 0 saturated carbocycles. The lowest BCUT2D eigenvalue weighted by Gasteiger charge is -2.23. The van der Waals surface area contributed by atoms with Crippen LogP contribution >= 0.6 is 15.9 Å². The molecule has 2 unspecified atom stereocenters. The highest BCUT2D eigenvalue weighted by atomic mass is 79.9. The third kappa shape index (κ3) is 6.84. The van der Waals surface area contributed by atoms with Gasteiger partial charge in [0.15, 0.2) is 0 Å². The van der Waals surface area contributed by atoms with E-state index in [0.29, 0.717) is 11.3 Å². The number of halogens is 1. The second-order valence-corrected chi connectivity index (χ2v) is 9.40. The van der Waals surface area contributed by atoms with E-state index < -0.39 is 21.8 Å². The standard InChI is InChI=1S/C18H22BrN3O5S/c1-18(2,3)20-11-28(26)16-10-12(4-9-15(16)19)21-17(23)27-14-7-5-13(6-8-14)22(24)25/h5-10,12,20H,4,11H2,1-3H3,(H,21,23). The zero-order valence-corrected chi connectivity index (χ0v) is 18.1. The van der Waals surface area contributed by atoms with E-state index in [-0.39, 0.29) is 28.9 Å². The van der Waals surface area contributed by atoms with Crippen LogP contribution in [0.2, 0.25) is 0 Å². The average molecular weight is 472 g/mol. The largest absolute Gasteiger partial charge is 0.413 e. The summed E-state index contributed by atoms with van der Waals surface area (Å²) < 4.78 is 18.5. The van der Waals surface area contributed by atoms with Gasteiger partial charge in [0.1, 0.15) is 5.75 Å². The molecule has 0 radical (unpaired) electrons. The molecule has 1 aromatic carbocycles. The molecule has 0 fully saturated rings. The number of nitrogens with zero attached hydrogens (tertiary/aromatic N) is 1. The normalized spacial score (nSPS) is 17.9. The van der Waals surface area contributed by atoms with E-state index in [1.54, 1.807) is 6.08 Å². The molecule has 0 aliphatic heterocycles. The molecule has 28 heavy (non-hydrogen) atoms. The maximum atomic E-state index is 12.6. The molecule has 2 atom stereocenters. The van der Waals surface area contributed by atoms with E-state index in [9.17, 15) is 19.1 Å². The molecule has 152 valence electrons. The first-order valence-electron chi connectivity index (χ1n) is 8.49. The van der Waals surface area contributed by atoms with Gasteiger partial charge in [-0.1, -0.05) is 6.08 Å². The molecular formula is C18H22BrN3O5S. The van der Waals surface area contributed by atoms with E-state index in [0.717, 1.165) is 4.48 Å². The molecule has 0 heterocycles. The summed E-state index contributed by atoms with van der Waals surface area (Å²) in [5.41, 5.74) is -0.248. The predicted molar refractivity (Wildman–Crippen MR) is 112 cm³/mol. The SMILES string of the molecule is CC(C)(C)NCS(=O)C1=CC(NC(=O)Oc2ccc([N+](=O)[O-])cc2)CC=C1Br. The third-order valence-electron chi connectivity index (χ3n) is 3.68. The molecule has 1 aromatic rings. The summed E-state index contributed by atoms with van der Waals surface area (Å²) in [6.45, 7) is 5.97. The third-order valence-corrected chi connectivity index (χ3v) is 5.95. The number of nitrogens with one attached hydrogen (secondary N) is 2. The van der Waals surface area contributed by atoms with E-state index in [1.807, 2.05) is 26.8 Å². The van der Waals surface area contributed by atoms with Crippen LogP contribution in [0.25, 0.3) is 0 Å². The van der Waals surface area contributed by atoms with Gasteiger partial charge in [0, 0.05) is 22.2 Å². The summed E-state index contributed by atoms with van der Waals surface area (Å²) in [5, 5.41) is 16.5. The van der Waals surface area contributed by atoms with Crippen molar-refractivity contribution in [2.24, 2.45) is 0 Å². The molecule has 1 amide bonds. The summed E-state index contributed by atoms with van der Waals surface area (Å²) >= 11 is 3.41. The van der Waals surface area contributed by atoms with E-state index in [4.69, 9.17) is 4.74 Å². The van der Waals surface area contributed by atoms with Gasteiger partial charge in [0.25, 0.3) is 5.69 Å². The highest BCUT2D eigenvalue weighted by molar-refractivity contribution is 9.12. The number of nitro benzene ring substituents is 1. The number of amides is 1. The highest BCUT2D eigenvalue weighted by Crippen LogP contribution is 2.27. The number of benzene rings is 1. The second kappa shape index (κ2) is 9.44. The van der Waals surface area contributed by atoms with Crippen molar-refractivity contribution in [3.63, 3.8) is 0 Å².